The molecule has 1 unspecified atom stereocenters. The highest BCUT2D eigenvalue weighted by atomic mass is 19.4. The molecule has 27 heavy (non-hydrogen) atoms. The van der Waals surface area contributed by atoms with E-state index in [1.54, 1.807) is 19.1 Å². The lowest BCUT2D eigenvalue weighted by molar-refractivity contribution is -0.142. The molecule has 1 fully saturated rings. The van der Waals surface area contributed by atoms with E-state index in [-0.39, 0.29) is 18.2 Å². The van der Waals surface area contributed by atoms with E-state index in [0.717, 1.165) is 42.0 Å². The molecule has 2 aromatic rings. The quantitative estimate of drug-likeness (QED) is 0.785. The van der Waals surface area contributed by atoms with Crippen LogP contribution in [0.1, 0.15) is 55.3 Å². The van der Waals surface area contributed by atoms with Gasteiger partial charge in [-0.1, -0.05) is 37.1 Å². The minimum atomic E-state index is -4.60. The second-order valence-electron chi connectivity index (χ2n) is 7.09. The summed E-state index contributed by atoms with van der Waals surface area (Å²) in [5.74, 6) is 0.336. The summed E-state index contributed by atoms with van der Waals surface area (Å²) in [5, 5.41) is 3.41. The largest absolute Gasteiger partial charge is 0.435 e. The summed E-state index contributed by atoms with van der Waals surface area (Å²) in [7, 11) is 0. The maximum Gasteiger partial charge on any atom is 0.435 e. The molecule has 1 saturated carbocycles. The lowest BCUT2D eigenvalue weighted by Crippen LogP contribution is -2.26. The number of Topliss-reactive ketones (excluding diaryl/α,β-unsaturated/α-hetero) is 1. The molecular formula is C20H21F3N2O2. The van der Waals surface area contributed by atoms with Crippen LogP contribution in [0.5, 0.6) is 0 Å². The predicted molar refractivity (Wildman–Crippen MR) is 94.4 cm³/mol. The highest BCUT2D eigenvalue weighted by Crippen LogP contribution is 2.38. The maximum atomic E-state index is 12.8. The van der Waals surface area contributed by atoms with E-state index in [9.17, 15) is 22.8 Å². The van der Waals surface area contributed by atoms with E-state index in [1.165, 1.54) is 0 Å². The smallest absolute Gasteiger partial charge is 0.299 e. The number of nitrogens with zero attached hydrogens (tertiary/aromatic N) is 2. The Labute approximate surface area is 155 Å². The molecule has 0 N–H and O–H groups in total. The Morgan fingerprint density at radius 3 is 2.33 bits per heavy atom. The van der Waals surface area contributed by atoms with Crippen LogP contribution in [0, 0.1) is 5.92 Å². The molecule has 0 spiro atoms. The van der Waals surface area contributed by atoms with Gasteiger partial charge in [0.25, 0.3) is 5.56 Å². The van der Waals surface area contributed by atoms with Gasteiger partial charge in [-0.2, -0.15) is 18.3 Å². The Hall–Kier alpha value is -2.44. The van der Waals surface area contributed by atoms with Gasteiger partial charge in [0.15, 0.2) is 5.69 Å². The van der Waals surface area contributed by atoms with Crippen LogP contribution in [0.4, 0.5) is 13.2 Å². The number of benzene rings is 1. The maximum absolute atomic E-state index is 12.8. The van der Waals surface area contributed by atoms with Gasteiger partial charge in [-0.15, -0.1) is 0 Å². The summed E-state index contributed by atoms with van der Waals surface area (Å²) >= 11 is 0. The molecule has 7 heteroatoms. The fraction of sp³-hybridized carbons (Fsp3) is 0.450. The second kappa shape index (κ2) is 7.66. The molecule has 0 radical (unpaired) electrons. The van der Waals surface area contributed by atoms with Gasteiger partial charge >= 0.3 is 6.18 Å². The third kappa shape index (κ3) is 4.46. The Bertz CT molecular complexity index is 866. The standard InChI is InChI=1S/C20H21F3N2O2/c1-13(26)19(15-4-2-3-5-15)16-8-6-14(7-9-16)12-25-18(27)11-10-17(24-25)20(21,22)23/h6-11,15,19H,2-5,12H2,1H3. The number of ketones is 1. The van der Waals surface area contributed by atoms with Gasteiger partial charge in [0.1, 0.15) is 5.78 Å². The van der Waals surface area contributed by atoms with Crippen molar-refractivity contribution in [1.29, 1.82) is 0 Å². The summed E-state index contributed by atoms with van der Waals surface area (Å²) in [6.45, 7) is 1.54. The van der Waals surface area contributed by atoms with Crippen molar-refractivity contribution in [2.75, 3.05) is 0 Å². The van der Waals surface area contributed by atoms with Crippen molar-refractivity contribution < 1.29 is 18.0 Å². The minimum Gasteiger partial charge on any atom is -0.299 e. The molecule has 1 heterocycles. The molecule has 0 bridgehead atoms. The highest BCUT2D eigenvalue weighted by molar-refractivity contribution is 5.83. The second-order valence-corrected chi connectivity index (χ2v) is 7.09. The van der Waals surface area contributed by atoms with Crippen molar-refractivity contribution in [2.24, 2.45) is 5.92 Å². The van der Waals surface area contributed by atoms with Crippen LogP contribution in [0.2, 0.25) is 0 Å². The molecule has 1 atom stereocenters. The summed E-state index contributed by atoms with van der Waals surface area (Å²) in [5.41, 5.74) is -0.125. The van der Waals surface area contributed by atoms with Crippen molar-refractivity contribution in [2.45, 2.75) is 51.2 Å². The zero-order valence-electron chi connectivity index (χ0n) is 15.0. The molecular weight excluding hydrogens is 357 g/mol. The van der Waals surface area contributed by atoms with Crippen molar-refractivity contribution in [3.63, 3.8) is 0 Å². The van der Waals surface area contributed by atoms with Gasteiger partial charge in [-0.05, 0) is 42.9 Å². The number of carbonyl (C=O) groups is 1. The molecule has 3 rings (SSSR count). The first kappa shape index (κ1) is 19.3. The highest BCUT2D eigenvalue weighted by Gasteiger charge is 2.33. The van der Waals surface area contributed by atoms with Crippen molar-refractivity contribution in [1.82, 2.24) is 9.78 Å². The summed E-state index contributed by atoms with van der Waals surface area (Å²) < 4.78 is 39.2. The number of rotatable bonds is 5. The molecule has 1 aromatic heterocycles. The molecule has 1 aromatic carbocycles. The van der Waals surface area contributed by atoms with Gasteiger partial charge in [-0.3, -0.25) is 9.59 Å². The molecule has 0 aliphatic heterocycles. The molecule has 0 saturated heterocycles. The molecule has 1 aliphatic carbocycles. The van der Waals surface area contributed by atoms with Crippen LogP contribution in [0.25, 0.3) is 0 Å². The normalized spacial score (nSPS) is 16.4. The fourth-order valence-corrected chi connectivity index (χ4v) is 3.85. The van der Waals surface area contributed by atoms with Gasteiger partial charge in [0, 0.05) is 12.0 Å². The number of halogens is 3. The van der Waals surface area contributed by atoms with E-state index in [0.29, 0.717) is 17.5 Å². The number of hydrogen-bond acceptors (Lipinski definition) is 3. The number of carbonyl (C=O) groups excluding carboxylic acids is 1. The monoisotopic (exact) mass is 378 g/mol. The minimum absolute atomic E-state index is 0.0583. The van der Waals surface area contributed by atoms with E-state index < -0.39 is 17.4 Å². The van der Waals surface area contributed by atoms with Gasteiger partial charge in [0.2, 0.25) is 0 Å². The van der Waals surface area contributed by atoms with Crippen LogP contribution >= 0.6 is 0 Å². The zero-order valence-corrected chi connectivity index (χ0v) is 15.0. The third-order valence-corrected chi connectivity index (χ3v) is 5.14. The fourth-order valence-electron chi connectivity index (χ4n) is 3.85. The summed E-state index contributed by atoms with van der Waals surface area (Å²) in [6, 6.07) is 8.71. The van der Waals surface area contributed by atoms with Gasteiger partial charge in [0.05, 0.1) is 6.54 Å². The molecule has 4 nitrogen and oxygen atoms in total. The van der Waals surface area contributed by atoms with E-state index in [2.05, 4.69) is 5.10 Å². The Kier molecular flexibility index (Phi) is 5.48. The first-order valence-corrected chi connectivity index (χ1v) is 9.00. The number of aromatic nitrogens is 2. The average molecular weight is 378 g/mol. The molecule has 0 amide bonds. The topological polar surface area (TPSA) is 52.0 Å². The van der Waals surface area contributed by atoms with Crippen LogP contribution in [-0.4, -0.2) is 15.6 Å². The van der Waals surface area contributed by atoms with Gasteiger partial charge < -0.3 is 0 Å². The van der Waals surface area contributed by atoms with Crippen LogP contribution in [0.3, 0.4) is 0 Å². The van der Waals surface area contributed by atoms with Crippen molar-refractivity contribution in [3.05, 3.63) is 63.6 Å². The SMILES string of the molecule is CC(=O)C(c1ccc(Cn2nc(C(F)(F)F)ccc2=O)cc1)C1CCCC1. The number of alkyl halides is 3. The predicted octanol–water partition coefficient (Wildman–Crippen LogP) is 4.17. The third-order valence-electron chi connectivity index (χ3n) is 5.14. The Balaban J connectivity index is 1.82. The van der Waals surface area contributed by atoms with Crippen LogP contribution in [0.15, 0.2) is 41.2 Å². The average Bonchev–Trinajstić information content (AvgIpc) is 3.11. The molecule has 1 aliphatic rings. The first-order chi connectivity index (χ1) is 12.8. The zero-order chi connectivity index (χ0) is 19.6. The van der Waals surface area contributed by atoms with E-state index in [1.807, 2.05) is 12.1 Å². The van der Waals surface area contributed by atoms with Gasteiger partial charge in [-0.25, -0.2) is 4.68 Å². The Morgan fingerprint density at radius 1 is 1.15 bits per heavy atom. The molecule has 144 valence electrons. The number of hydrogen-bond donors (Lipinski definition) is 0. The lowest BCUT2D eigenvalue weighted by atomic mass is 9.82. The van der Waals surface area contributed by atoms with Crippen LogP contribution < -0.4 is 5.56 Å². The first-order valence-electron chi connectivity index (χ1n) is 9.00. The van der Waals surface area contributed by atoms with E-state index >= 15 is 0 Å². The van der Waals surface area contributed by atoms with E-state index in [4.69, 9.17) is 0 Å². The van der Waals surface area contributed by atoms with Crippen LogP contribution in [-0.2, 0) is 17.5 Å². The van der Waals surface area contributed by atoms with Crippen molar-refractivity contribution >= 4 is 5.78 Å². The summed E-state index contributed by atoms with van der Waals surface area (Å²) in [4.78, 5) is 24.0. The van der Waals surface area contributed by atoms with Crippen molar-refractivity contribution in [3.8, 4) is 0 Å². The Morgan fingerprint density at radius 2 is 1.78 bits per heavy atom. The lowest BCUT2D eigenvalue weighted by Gasteiger charge is -2.21. The summed E-state index contributed by atoms with van der Waals surface area (Å²) in [6.07, 6.45) is -0.256.